The van der Waals surface area contributed by atoms with Crippen LogP contribution in [0.5, 0.6) is 0 Å². The topological polar surface area (TPSA) is 51.0 Å². The summed E-state index contributed by atoms with van der Waals surface area (Å²) in [6.45, 7) is 4.50. The standard InChI is InChI=1S/C21H19ClN4OS/c1-14-10-15(2)26(24-14)13-20(27)25(12-16-6-4-3-5-7-16)21-23-18-9-8-17(22)11-19(18)28-21/h3-11H,12-13H2,1-2H3. The van der Waals surface area contributed by atoms with Crippen LogP contribution in [-0.2, 0) is 17.9 Å². The highest BCUT2D eigenvalue weighted by molar-refractivity contribution is 7.22. The van der Waals surface area contributed by atoms with E-state index in [1.807, 2.05) is 68.4 Å². The number of thiazole rings is 1. The van der Waals surface area contributed by atoms with E-state index in [0.29, 0.717) is 16.7 Å². The van der Waals surface area contributed by atoms with Crippen molar-refractivity contribution in [3.8, 4) is 0 Å². The Bertz CT molecular complexity index is 1140. The number of aryl methyl sites for hydroxylation is 2. The summed E-state index contributed by atoms with van der Waals surface area (Å²) in [5.74, 6) is -0.0554. The SMILES string of the molecule is Cc1cc(C)n(CC(=O)N(Cc2ccccc2)c2nc3ccc(Cl)cc3s2)n1. The Kier molecular flexibility index (Phi) is 5.15. The molecule has 0 aliphatic carbocycles. The fraction of sp³-hybridized carbons (Fsp3) is 0.190. The second-order valence-electron chi connectivity index (χ2n) is 6.66. The molecule has 2 heterocycles. The molecule has 0 fully saturated rings. The summed E-state index contributed by atoms with van der Waals surface area (Å²) in [4.78, 5) is 19.6. The second kappa shape index (κ2) is 7.73. The summed E-state index contributed by atoms with van der Waals surface area (Å²) in [7, 11) is 0. The van der Waals surface area contributed by atoms with E-state index in [2.05, 4.69) is 10.1 Å². The van der Waals surface area contributed by atoms with E-state index in [-0.39, 0.29) is 12.5 Å². The molecule has 0 aliphatic rings. The van der Waals surface area contributed by atoms with Crippen LogP contribution >= 0.6 is 22.9 Å². The van der Waals surface area contributed by atoms with E-state index in [1.54, 1.807) is 9.58 Å². The molecule has 7 heteroatoms. The molecule has 0 saturated carbocycles. The molecule has 0 bridgehead atoms. The molecule has 28 heavy (non-hydrogen) atoms. The second-order valence-corrected chi connectivity index (χ2v) is 8.10. The monoisotopic (exact) mass is 410 g/mol. The van der Waals surface area contributed by atoms with Crippen molar-refractivity contribution in [1.82, 2.24) is 14.8 Å². The minimum Gasteiger partial charge on any atom is -0.282 e. The Morgan fingerprint density at radius 3 is 2.64 bits per heavy atom. The van der Waals surface area contributed by atoms with E-state index in [1.165, 1.54) is 11.3 Å². The van der Waals surface area contributed by atoms with Crippen molar-refractivity contribution in [2.45, 2.75) is 26.9 Å². The van der Waals surface area contributed by atoms with Gasteiger partial charge in [0, 0.05) is 10.7 Å². The molecule has 0 N–H and O–H groups in total. The van der Waals surface area contributed by atoms with Crippen molar-refractivity contribution < 1.29 is 4.79 Å². The van der Waals surface area contributed by atoms with Gasteiger partial charge in [-0.25, -0.2) is 4.98 Å². The summed E-state index contributed by atoms with van der Waals surface area (Å²) in [6.07, 6.45) is 0. The molecule has 0 radical (unpaired) electrons. The minimum atomic E-state index is -0.0554. The Morgan fingerprint density at radius 1 is 1.14 bits per heavy atom. The summed E-state index contributed by atoms with van der Waals surface area (Å²) in [5.41, 5.74) is 3.74. The third-order valence-corrected chi connectivity index (χ3v) is 5.72. The van der Waals surface area contributed by atoms with Gasteiger partial charge in [0.15, 0.2) is 5.13 Å². The third kappa shape index (κ3) is 3.93. The molecule has 142 valence electrons. The molecule has 0 atom stereocenters. The number of amides is 1. The van der Waals surface area contributed by atoms with Gasteiger partial charge in [-0.3, -0.25) is 14.4 Å². The first-order valence-corrected chi connectivity index (χ1v) is 10.1. The number of aromatic nitrogens is 3. The number of anilines is 1. The zero-order valence-electron chi connectivity index (χ0n) is 15.6. The Hall–Kier alpha value is -2.70. The molecule has 0 unspecified atom stereocenters. The maximum Gasteiger partial charge on any atom is 0.250 e. The van der Waals surface area contributed by atoms with Crippen molar-refractivity contribution in [3.05, 3.63) is 76.6 Å². The van der Waals surface area contributed by atoms with Crippen LogP contribution < -0.4 is 4.90 Å². The molecular weight excluding hydrogens is 392 g/mol. The number of carbonyl (C=O) groups excluding carboxylic acids is 1. The van der Waals surface area contributed by atoms with Crippen molar-refractivity contribution in [2.75, 3.05) is 4.90 Å². The van der Waals surface area contributed by atoms with Crippen LogP contribution in [-0.4, -0.2) is 20.7 Å². The first-order chi connectivity index (χ1) is 13.5. The highest BCUT2D eigenvalue weighted by Gasteiger charge is 2.21. The van der Waals surface area contributed by atoms with Crippen molar-refractivity contribution in [3.63, 3.8) is 0 Å². The summed E-state index contributed by atoms with van der Waals surface area (Å²) in [5, 5.41) is 5.74. The highest BCUT2D eigenvalue weighted by atomic mass is 35.5. The van der Waals surface area contributed by atoms with Gasteiger partial charge >= 0.3 is 0 Å². The molecule has 0 saturated heterocycles. The normalized spacial score (nSPS) is 11.1. The van der Waals surface area contributed by atoms with Crippen LogP contribution in [0.4, 0.5) is 5.13 Å². The van der Waals surface area contributed by atoms with Crippen LogP contribution in [0.1, 0.15) is 17.0 Å². The van der Waals surface area contributed by atoms with Crippen LogP contribution in [0, 0.1) is 13.8 Å². The molecule has 2 aromatic carbocycles. The van der Waals surface area contributed by atoms with Crippen LogP contribution in [0.25, 0.3) is 10.2 Å². The molecule has 0 spiro atoms. The lowest BCUT2D eigenvalue weighted by Crippen LogP contribution is -2.34. The smallest absolute Gasteiger partial charge is 0.250 e. The van der Waals surface area contributed by atoms with Gasteiger partial charge < -0.3 is 0 Å². The molecule has 5 nitrogen and oxygen atoms in total. The number of halogens is 1. The van der Waals surface area contributed by atoms with E-state index >= 15 is 0 Å². The van der Waals surface area contributed by atoms with Gasteiger partial charge in [-0.1, -0.05) is 53.3 Å². The largest absolute Gasteiger partial charge is 0.282 e. The minimum absolute atomic E-state index is 0.0554. The number of nitrogens with zero attached hydrogens (tertiary/aromatic N) is 4. The van der Waals surface area contributed by atoms with Crippen LogP contribution in [0.3, 0.4) is 0 Å². The molecule has 2 aromatic heterocycles. The van der Waals surface area contributed by atoms with Crippen molar-refractivity contribution >= 4 is 44.2 Å². The summed E-state index contributed by atoms with van der Waals surface area (Å²) in [6, 6.07) is 17.5. The zero-order chi connectivity index (χ0) is 19.7. The predicted octanol–water partition coefficient (Wildman–Crippen LogP) is 5.00. The maximum absolute atomic E-state index is 13.2. The number of hydrogen-bond donors (Lipinski definition) is 0. The van der Waals surface area contributed by atoms with Gasteiger partial charge in [0.2, 0.25) is 0 Å². The number of rotatable bonds is 5. The van der Waals surface area contributed by atoms with Gasteiger partial charge in [0.1, 0.15) is 6.54 Å². The molecule has 1 amide bonds. The predicted molar refractivity (Wildman–Crippen MR) is 114 cm³/mol. The quantitative estimate of drug-likeness (QED) is 0.465. The first kappa shape index (κ1) is 18.7. The highest BCUT2D eigenvalue weighted by Crippen LogP contribution is 2.31. The van der Waals surface area contributed by atoms with Crippen molar-refractivity contribution in [2.24, 2.45) is 0 Å². The van der Waals surface area contributed by atoms with Gasteiger partial charge in [-0.2, -0.15) is 5.10 Å². The summed E-state index contributed by atoms with van der Waals surface area (Å²) >= 11 is 7.58. The number of carbonyl (C=O) groups is 1. The third-order valence-electron chi connectivity index (χ3n) is 4.44. The lowest BCUT2D eigenvalue weighted by molar-refractivity contribution is -0.119. The Labute approximate surface area is 172 Å². The van der Waals surface area contributed by atoms with Gasteiger partial charge in [0.25, 0.3) is 5.91 Å². The first-order valence-electron chi connectivity index (χ1n) is 8.91. The number of hydrogen-bond acceptors (Lipinski definition) is 4. The number of fused-ring (bicyclic) bond motifs is 1. The molecule has 4 aromatic rings. The Morgan fingerprint density at radius 2 is 1.93 bits per heavy atom. The average Bonchev–Trinajstić information content (AvgIpc) is 3.22. The lowest BCUT2D eigenvalue weighted by atomic mass is 10.2. The maximum atomic E-state index is 13.2. The summed E-state index contributed by atoms with van der Waals surface area (Å²) < 4.78 is 2.69. The fourth-order valence-electron chi connectivity index (χ4n) is 3.08. The van der Waals surface area contributed by atoms with Gasteiger partial charge in [-0.15, -0.1) is 0 Å². The molecular formula is C21H19ClN4OS. The van der Waals surface area contributed by atoms with E-state index in [0.717, 1.165) is 27.2 Å². The van der Waals surface area contributed by atoms with Gasteiger partial charge in [0.05, 0.1) is 22.5 Å². The van der Waals surface area contributed by atoms with E-state index in [4.69, 9.17) is 11.6 Å². The molecule has 4 rings (SSSR count). The van der Waals surface area contributed by atoms with Gasteiger partial charge in [-0.05, 0) is 43.7 Å². The van der Waals surface area contributed by atoms with E-state index < -0.39 is 0 Å². The van der Waals surface area contributed by atoms with Crippen LogP contribution in [0.2, 0.25) is 5.02 Å². The average molecular weight is 411 g/mol. The number of benzene rings is 2. The lowest BCUT2D eigenvalue weighted by Gasteiger charge is -2.20. The zero-order valence-corrected chi connectivity index (χ0v) is 17.2. The van der Waals surface area contributed by atoms with Crippen molar-refractivity contribution in [1.29, 1.82) is 0 Å². The fourth-order valence-corrected chi connectivity index (χ4v) is 4.34. The van der Waals surface area contributed by atoms with E-state index in [9.17, 15) is 4.79 Å². The Balaban J connectivity index is 1.69. The van der Waals surface area contributed by atoms with Crippen LogP contribution in [0.15, 0.2) is 54.6 Å². The molecule has 0 aliphatic heterocycles.